The fourth-order valence-electron chi connectivity index (χ4n) is 4.78. The van der Waals surface area contributed by atoms with Crippen molar-refractivity contribution in [3.63, 3.8) is 0 Å². The van der Waals surface area contributed by atoms with Gasteiger partial charge in [-0.15, -0.1) is 10.2 Å². The number of H-pyrrole nitrogens is 1. The van der Waals surface area contributed by atoms with E-state index in [9.17, 15) is 9.59 Å². The Hall–Kier alpha value is -4.14. The molecule has 0 saturated heterocycles. The van der Waals surface area contributed by atoms with Gasteiger partial charge in [-0.3, -0.25) is 0 Å². The predicted octanol–water partition coefficient (Wildman–Crippen LogP) is 4.22. The van der Waals surface area contributed by atoms with E-state index in [1.165, 1.54) is 7.11 Å². The molecule has 0 spiro atoms. The van der Waals surface area contributed by atoms with Crippen molar-refractivity contribution in [2.24, 2.45) is 0 Å². The number of tetrazole rings is 1. The second-order valence-corrected chi connectivity index (χ2v) is 11.6. The van der Waals surface area contributed by atoms with Crippen LogP contribution in [0, 0.1) is 6.92 Å². The molecule has 2 aromatic carbocycles. The molecule has 5 rings (SSSR count). The molecule has 10 heteroatoms. The van der Waals surface area contributed by atoms with E-state index in [2.05, 4.69) is 51.8 Å². The number of nitrogens with one attached hydrogen (secondary N) is 1. The normalized spacial score (nSPS) is 11.1. The summed E-state index contributed by atoms with van der Waals surface area (Å²) in [5, 5.41) is 14.5. The van der Waals surface area contributed by atoms with Crippen LogP contribution < -0.4 is 5.56 Å². The molecular weight excluding hydrogens is 571 g/mol. The minimum absolute atomic E-state index is 0.00985. The van der Waals surface area contributed by atoms with Crippen molar-refractivity contribution in [1.82, 2.24) is 30.2 Å². The van der Waals surface area contributed by atoms with Gasteiger partial charge >= 0.3 is 194 Å². The number of ether oxygens (including phenoxy) is 1. The molecule has 40 heavy (non-hydrogen) atoms. The molecule has 0 atom stereocenters. The van der Waals surface area contributed by atoms with Crippen LogP contribution in [-0.4, -0.2) is 57.8 Å². The van der Waals surface area contributed by atoms with Gasteiger partial charge < -0.3 is 0 Å². The van der Waals surface area contributed by atoms with Crippen molar-refractivity contribution in [3.8, 4) is 22.5 Å². The number of hydrogen-bond donors (Lipinski definition) is 1. The van der Waals surface area contributed by atoms with Crippen molar-refractivity contribution < 1.29 is 9.53 Å². The summed E-state index contributed by atoms with van der Waals surface area (Å²) in [5.41, 5.74) is 5.98. The fourth-order valence-corrected chi connectivity index (χ4v) is 6.57. The van der Waals surface area contributed by atoms with Gasteiger partial charge in [-0.05, 0) is 5.21 Å². The molecule has 204 valence electrons. The fraction of sp³-hybridized carbons (Fsp3) is 0.267. The summed E-state index contributed by atoms with van der Waals surface area (Å²) in [5.74, 6) is 0.827. The number of aryl methyl sites for hydroxylation is 2. The number of carbonyl (C=O) groups excluding carboxylic acids is 1. The molecule has 0 aliphatic rings. The van der Waals surface area contributed by atoms with E-state index in [0.29, 0.717) is 35.7 Å². The molecule has 9 nitrogen and oxygen atoms in total. The van der Waals surface area contributed by atoms with Gasteiger partial charge in [-0.25, -0.2) is 0 Å². The average Bonchev–Trinajstić information content (AvgIpc) is 3.69. The quantitative estimate of drug-likeness (QED) is 0.188. The summed E-state index contributed by atoms with van der Waals surface area (Å²) in [4.78, 5) is 33.0. The minimum atomic E-state index is -0.370. The molecule has 0 amide bonds. The van der Waals surface area contributed by atoms with Crippen LogP contribution in [0.4, 0.5) is 0 Å². The van der Waals surface area contributed by atoms with Crippen LogP contribution >= 0.6 is 0 Å². The molecular formula is C30H30N6O3Se. The number of carbonyl (C=O) groups is 1. The molecule has 0 aliphatic carbocycles. The van der Waals surface area contributed by atoms with Crippen LogP contribution in [0.3, 0.4) is 0 Å². The Balaban J connectivity index is 1.48. The van der Waals surface area contributed by atoms with Crippen LogP contribution in [0.2, 0.25) is 0 Å². The summed E-state index contributed by atoms with van der Waals surface area (Å²) in [6.07, 6.45) is 3.20. The van der Waals surface area contributed by atoms with Crippen LogP contribution in [0.15, 0.2) is 64.3 Å². The second-order valence-electron chi connectivity index (χ2n) is 9.48. The van der Waals surface area contributed by atoms with Gasteiger partial charge in [-0.2, -0.15) is 5.21 Å². The number of aromatic nitrogens is 6. The molecule has 5 aromatic rings. The van der Waals surface area contributed by atoms with Crippen molar-refractivity contribution in [3.05, 3.63) is 103 Å². The van der Waals surface area contributed by atoms with Crippen molar-refractivity contribution >= 4 is 20.5 Å². The maximum absolute atomic E-state index is 13.9. The Bertz CT molecular complexity index is 1670. The molecule has 3 heterocycles. The monoisotopic (exact) mass is 602 g/mol. The average molecular weight is 602 g/mol. The van der Waals surface area contributed by atoms with Crippen LogP contribution in [0.1, 0.15) is 57.2 Å². The first kappa shape index (κ1) is 27.4. The molecule has 0 radical (unpaired) electrons. The van der Waals surface area contributed by atoms with Gasteiger partial charge in [0.15, 0.2) is 0 Å². The van der Waals surface area contributed by atoms with Crippen molar-refractivity contribution in [1.29, 1.82) is 0 Å². The van der Waals surface area contributed by atoms with E-state index >= 15 is 0 Å². The van der Waals surface area contributed by atoms with Gasteiger partial charge in [0, 0.05) is 0 Å². The van der Waals surface area contributed by atoms with E-state index in [-0.39, 0.29) is 26.0 Å². The maximum atomic E-state index is 13.9. The van der Waals surface area contributed by atoms with Crippen LogP contribution in [-0.2, 0) is 24.1 Å². The van der Waals surface area contributed by atoms with E-state index < -0.39 is 0 Å². The van der Waals surface area contributed by atoms with Gasteiger partial charge in [0.1, 0.15) is 0 Å². The van der Waals surface area contributed by atoms with E-state index in [1.54, 1.807) is 10.6 Å². The number of esters is 1. The molecule has 0 fully saturated rings. The Kier molecular flexibility index (Phi) is 8.48. The zero-order valence-electron chi connectivity index (χ0n) is 22.7. The molecule has 0 saturated carbocycles. The number of rotatable bonds is 10. The number of hydrogen-bond acceptors (Lipinski definition) is 7. The predicted molar refractivity (Wildman–Crippen MR) is 154 cm³/mol. The first-order valence-corrected chi connectivity index (χ1v) is 15.0. The summed E-state index contributed by atoms with van der Waals surface area (Å²) < 4.78 is 7.57. The summed E-state index contributed by atoms with van der Waals surface area (Å²) in [7, 11) is 1.38. The molecule has 0 aliphatic heterocycles. The second kappa shape index (κ2) is 12.4. The SMILES string of the molecule is CCCCc1nc(C)n(Cc2[se]ccc2C(=O)OC)c(=O)c1Cc1ccc(-c2ccccc2-c2nn[nH]n2)cc1. The van der Waals surface area contributed by atoms with Gasteiger partial charge in [0.05, 0.1) is 0 Å². The molecule has 0 bridgehead atoms. The first-order valence-electron chi connectivity index (χ1n) is 13.2. The third kappa shape index (κ3) is 5.73. The van der Waals surface area contributed by atoms with Crippen LogP contribution in [0.5, 0.6) is 0 Å². The zero-order chi connectivity index (χ0) is 28.1. The summed E-state index contributed by atoms with van der Waals surface area (Å²) >= 11 is -0.00985. The van der Waals surface area contributed by atoms with Gasteiger partial charge in [0.25, 0.3) is 0 Å². The van der Waals surface area contributed by atoms with E-state index in [0.717, 1.165) is 51.6 Å². The number of unbranched alkanes of at least 4 members (excludes halogenated alkanes) is 1. The third-order valence-electron chi connectivity index (χ3n) is 6.92. The Labute approximate surface area is 238 Å². The summed E-state index contributed by atoms with van der Waals surface area (Å²) in [6, 6.07) is 17.9. The number of methoxy groups -OCH3 is 1. The topological polar surface area (TPSA) is 116 Å². The standard InChI is InChI=1S/C30H30N6O3Se/c1-4-5-10-26-25(29(37)36(19(2)31-26)18-27-24(15-16-40-27)30(38)39-3)17-20-11-13-21(14-12-20)22-8-6-7-9-23(22)28-32-34-35-33-28/h6-9,11-16H,4-5,10,17-18H2,1-3H3,(H,32,33,34,35). The third-order valence-corrected chi connectivity index (χ3v) is 8.82. The number of benzene rings is 2. The van der Waals surface area contributed by atoms with Gasteiger partial charge in [-0.1, -0.05) is 18.2 Å². The van der Waals surface area contributed by atoms with E-state index in [4.69, 9.17) is 9.72 Å². The van der Waals surface area contributed by atoms with Crippen molar-refractivity contribution in [2.45, 2.75) is 46.1 Å². The summed E-state index contributed by atoms with van der Waals surface area (Å²) in [6.45, 7) is 4.33. The number of aromatic amines is 1. The Morgan fingerprint density at radius 1 is 1.07 bits per heavy atom. The van der Waals surface area contributed by atoms with Crippen molar-refractivity contribution in [2.75, 3.05) is 7.11 Å². The number of nitrogens with zero attached hydrogens (tertiary/aromatic N) is 5. The first-order chi connectivity index (χ1) is 19.5. The zero-order valence-corrected chi connectivity index (χ0v) is 24.4. The molecule has 0 unspecified atom stereocenters. The Morgan fingerprint density at radius 2 is 1.85 bits per heavy atom. The Morgan fingerprint density at radius 3 is 2.55 bits per heavy atom. The molecule has 1 N–H and O–H groups in total. The molecule has 3 aromatic heterocycles. The van der Waals surface area contributed by atoms with E-state index in [1.807, 2.05) is 36.1 Å². The van der Waals surface area contributed by atoms with Gasteiger partial charge in [0.2, 0.25) is 5.82 Å². The van der Waals surface area contributed by atoms with Crippen LogP contribution in [0.25, 0.3) is 22.5 Å².